The first-order chi connectivity index (χ1) is 37.4. The fourth-order valence-corrected chi connectivity index (χ4v) is 9.78. The van der Waals surface area contributed by atoms with Crippen molar-refractivity contribution in [3.63, 3.8) is 0 Å². The van der Waals surface area contributed by atoms with E-state index in [4.69, 9.17) is 23.7 Å². The number of thiazole rings is 1. The highest BCUT2D eigenvalue weighted by molar-refractivity contribution is 7.13. The maximum absolute atomic E-state index is 13.9. The number of nitrogens with one attached hydrogen (secondary N) is 5. The monoisotopic (exact) mass is 1100 g/mol. The van der Waals surface area contributed by atoms with Crippen molar-refractivity contribution in [1.82, 2.24) is 36.1 Å². The molecule has 3 aromatic carbocycles. The number of hydrogen-bond acceptors (Lipinski definition) is 14. The van der Waals surface area contributed by atoms with Gasteiger partial charge in [-0.15, -0.1) is 11.3 Å². The van der Waals surface area contributed by atoms with Gasteiger partial charge in [0.05, 0.1) is 75.5 Å². The molecule has 0 radical (unpaired) electrons. The summed E-state index contributed by atoms with van der Waals surface area (Å²) in [6.45, 7) is 10.5. The van der Waals surface area contributed by atoms with Crippen molar-refractivity contribution in [2.24, 2.45) is 5.41 Å². The summed E-state index contributed by atoms with van der Waals surface area (Å²) in [5, 5.41) is 22.6. The number of rotatable bonds is 28. The summed E-state index contributed by atoms with van der Waals surface area (Å²) in [4.78, 5) is 90.5. The Hall–Kier alpha value is -6.73. The highest BCUT2D eigenvalue weighted by atomic mass is 32.1. The number of ether oxygens (including phenoxy) is 5. The minimum absolute atomic E-state index is 0.0341. The van der Waals surface area contributed by atoms with Crippen molar-refractivity contribution in [3.8, 4) is 10.4 Å². The molecule has 23 heteroatoms. The van der Waals surface area contributed by atoms with E-state index in [2.05, 4.69) is 31.2 Å². The smallest absolute Gasteiger partial charge is 0.268 e. The number of fused-ring (bicyclic) bond motifs is 1. The first-order valence-electron chi connectivity index (χ1n) is 25.9. The van der Waals surface area contributed by atoms with Gasteiger partial charge in [0.25, 0.3) is 17.7 Å². The van der Waals surface area contributed by atoms with Crippen LogP contribution in [0.25, 0.3) is 21.3 Å². The number of carbonyl (C=O) groups is 6. The topological polar surface area (TPSA) is 252 Å². The molecule has 3 atom stereocenters. The molecule has 420 valence electrons. The van der Waals surface area contributed by atoms with Crippen molar-refractivity contribution in [2.75, 3.05) is 90.6 Å². The molecule has 20 nitrogen and oxygen atoms in total. The van der Waals surface area contributed by atoms with E-state index in [0.29, 0.717) is 88.2 Å². The molecule has 5 aromatic rings. The molecule has 0 spiro atoms. The quantitative estimate of drug-likeness (QED) is 0.0302. The lowest BCUT2D eigenvalue weighted by Crippen LogP contribution is -2.58. The van der Waals surface area contributed by atoms with Crippen LogP contribution in [0.2, 0.25) is 0 Å². The lowest BCUT2D eigenvalue weighted by molar-refractivity contribution is -0.149. The van der Waals surface area contributed by atoms with E-state index in [1.54, 1.807) is 40.5 Å². The molecule has 1 unspecified atom stereocenters. The summed E-state index contributed by atoms with van der Waals surface area (Å²) in [5.74, 6) is -4.84. The van der Waals surface area contributed by atoms with Crippen LogP contribution in [0.15, 0.2) is 72.2 Å². The minimum Gasteiger partial charge on any atom is -0.377 e. The fourth-order valence-electron chi connectivity index (χ4n) is 8.97. The van der Waals surface area contributed by atoms with Crippen molar-refractivity contribution in [3.05, 3.63) is 106 Å². The van der Waals surface area contributed by atoms with E-state index in [-0.39, 0.29) is 81.5 Å². The lowest BCUT2D eigenvalue weighted by Gasteiger charge is -2.35. The molecule has 78 heavy (non-hydrogen) atoms. The summed E-state index contributed by atoms with van der Waals surface area (Å²) < 4.78 is 54.8. The Morgan fingerprint density at radius 2 is 1.45 bits per heavy atom. The zero-order chi connectivity index (χ0) is 55.8. The summed E-state index contributed by atoms with van der Waals surface area (Å²) in [7, 11) is 0. The van der Waals surface area contributed by atoms with E-state index in [9.17, 15) is 42.7 Å². The van der Waals surface area contributed by atoms with Crippen LogP contribution in [-0.2, 0) is 60.7 Å². The van der Waals surface area contributed by atoms with Gasteiger partial charge in [-0.2, -0.15) is 0 Å². The SMILES string of the molecule is Cc1ncsc1-c1ccc(CNC(=O)[C@@H]2CCCN2C(=O)[C@@H](NC(=O)COCCOCCOCCOCCOCCNC(=O)c2cc3cc(N4CCC(O)(C(=O)NCc5cc(F)cc(F)c5)C4=O)ccc3[nH]2)C(C)(C)C)cc1. The highest BCUT2D eigenvalue weighted by Gasteiger charge is 2.52. The Bertz CT molecular complexity index is 2860. The number of aryl methyl sites for hydroxylation is 1. The second-order valence-electron chi connectivity index (χ2n) is 20.0. The first kappa shape index (κ1) is 58.9. The number of H-pyrrole nitrogens is 1. The summed E-state index contributed by atoms with van der Waals surface area (Å²) in [6, 6.07) is 15.8. The van der Waals surface area contributed by atoms with Crippen LogP contribution < -0.4 is 26.2 Å². The summed E-state index contributed by atoms with van der Waals surface area (Å²) in [6.07, 6.45) is 1.01. The number of carbonyl (C=O) groups excluding carboxylic acids is 6. The molecule has 7 rings (SSSR count). The predicted octanol–water partition coefficient (Wildman–Crippen LogP) is 4.31. The number of hydrogen-bond donors (Lipinski definition) is 6. The van der Waals surface area contributed by atoms with Crippen LogP contribution in [0.3, 0.4) is 0 Å². The van der Waals surface area contributed by atoms with Crippen LogP contribution in [-0.4, -0.2) is 159 Å². The van der Waals surface area contributed by atoms with Gasteiger partial charge in [-0.05, 0) is 78.3 Å². The fraction of sp³-hybridized carbons (Fsp3) is 0.473. The van der Waals surface area contributed by atoms with Gasteiger partial charge in [-0.25, -0.2) is 13.8 Å². The van der Waals surface area contributed by atoms with E-state index in [0.717, 1.165) is 33.8 Å². The Labute approximate surface area is 454 Å². The van der Waals surface area contributed by atoms with Gasteiger partial charge in [0, 0.05) is 61.8 Å². The molecule has 6 N–H and O–H groups in total. The van der Waals surface area contributed by atoms with Crippen LogP contribution in [0.4, 0.5) is 14.5 Å². The van der Waals surface area contributed by atoms with Gasteiger partial charge in [-0.1, -0.05) is 45.0 Å². The second-order valence-corrected chi connectivity index (χ2v) is 20.8. The molecule has 0 bridgehead atoms. The zero-order valence-electron chi connectivity index (χ0n) is 44.3. The molecule has 2 fully saturated rings. The Morgan fingerprint density at radius 1 is 0.808 bits per heavy atom. The largest absolute Gasteiger partial charge is 0.377 e. The lowest BCUT2D eigenvalue weighted by atomic mass is 9.85. The molecular formula is C55H68F2N8O12S. The molecule has 2 saturated heterocycles. The number of aliphatic hydroxyl groups is 1. The number of likely N-dealkylation sites (tertiary alicyclic amines) is 1. The van der Waals surface area contributed by atoms with Gasteiger partial charge in [-0.3, -0.25) is 28.8 Å². The van der Waals surface area contributed by atoms with E-state index < -0.39 is 52.5 Å². The van der Waals surface area contributed by atoms with Crippen molar-refractivity contribution < 1.29 is 66.3 Å². The van der Waals surface area contributed by atoms with Crippen LogP contribution in [0, 0.1) is 24.0 Å². The second kappa shape index (κ2) is 27.7. The molecule has 0 aliphatic carbocycles. The Morgan fingerprint density at radius 3 is 2.09 bits per heavy atom. The standard InChI is InChI=1S/C55H68F2N8O12S/c1-35-47(78-34-61-35)38-9-7-36(8-10-38)31-59-50(68)45-6-5-15-65(45)51(69)48(54(2,3)4)63-46(66)33-77-25-24-76-23-22-75-21-20-74-19-18-73-17-14-58-49(67)44-29-39-28-42(11-12-43(39)62-44)64-16-13-55(72,53(64)71)52(70)60-32-37-26-40(56)30-41(57)27-37/h7-12,26-30,34,45,48,62,72H,5-6,13-25,31-33H2,1-4H3,(H,58,67)(H,59,68)(H,60,70)(H,63,66)/t45-,48+,55?/m0/s1. The average molecular weight is 1100 g/mol. The number of benzene rings is 3. The van der Waals surface area contributed by atoms with Gasteiger partial charge in [0.1, 0.15) is 36.0 Å². The van der Waals surface area contributed by atoms with Gasteiger partial charge >= 0.3 is 0 Å². The third-order valence-corrected chi connectivity index (χ3v) is 14.1. The number of aromatic amines is 1. The van der Waals surface area contributed by atoms with Crippen LogP contribution in [0.1, 0.15) is 67.3 Å². The molecule has 2 aromatic heterocycles. The molecule has 2 aliphatic heterocycles. The number of amides is 6. The zero-order valence-corrected chi connectivity index (χ0v) is 45.1. The molecule has 2 aliphatic rings. The van der Waals surface area contributed by atoms with Gasteiger partial charge < -0.3 is 64.8 Å². The van der Waals surface area contributed by atoms with E-state index in [1.165, 1.54) is 4.90 Å². The Balaban J connectivity index is 0.687. The van der Waals surface area contributed by atoms with Crippen LogP contribution >= 0.6 is 11.3 Å². The van der Waals surface area contributed by atoms with Crippen LogP contribution in [0.5, 0.6) is 0 Å². The maximum Gasteiger partial charge on any atom is 0.268 e. The maximum atomic E-state index is 13.9. The third-order valence-electron chi connectivity index (χ3n) is 13.1. The molecular weight excluding hydrogens is 1030 g/mol. The number of nitrogens with zero attached hydrogens (tertiary/aromatic N) is 3. The minimum atomic E-state index is -2.37. The van der Waals surface area contributed by atoms with Gasteiger partial charge in [0.2, 0.25) is 23.3 Å². The molecule has 0 saturated carbocycles. The number of aromatic nitrogens is 2. The summed E-state index contributed by atoms with van der Waals surface area (Å²) >= 11 is 1.58. The predicted molar refractivity (Wildman–Crippen MR) is 285 cm³/mol. The number of anilines is 1. The highest BCUT2D eigenvalue weighted by Crippen LogP contribution is 2.32. The van der Waals surface area contributed by atoms with E-state index >= 15 is 0 Å². The first-order valence-corrected chi connectivity index (χ1v) is 26.7. The van der Waals surface area contributed by atoms with Crippen molar-refractivity contribution >= 4 is 63.4 Å². The molecule has 4 heterocycles. The summed E-state index contributed by atoms with van der Waals surface area (Å²) in [5.41, 5.74) is 3.22. The average Bonchev–Trinajstić information content (AvgIpc) is 4.35. The van der Waals surface area contributed by atoms with Crippen molar-refractivity contribution in [2.45, 2.75) is 77.7 Å². The number of halogens is 2. The van der Waals surface area contributed by atoms with Gasteiger partial charge in [0.15, 0.2) is 0 Å². The third kappa shape index (κ3) is 16.0. The molecule has 6 amide bonds. The normalized spacial score (nSPS) is 16.9. The van der Waals surface area contributed by atoms with Crippen molar-refractivity contribution in [1.29, 1.82) is 0 Å². The van der Waals surface area contributed by atoms with E-state index in [1.807, 2.05) is 57.5 Å². The Kier molecular flexibility index (Phi) is 21.0.